The molecule has 0 bridgehead atoms. The van der Waals surface area contributed by atoms with Crippen molar-refractivity contribution in [1.82, 2.24) is 19.5 Å². The average molecular weight is 419 g/mol. The molecule has 0 aliphatic rings. The van der Waals surface area contributed by atoms with Gasteiger partial charge in [0.15, 0.2) is 11.5 Å². The Labute approximate surface area is 180 Å². The summed E-state index contributed by atoms with van der Waals surface area (Å²) < 4.78 is 1.88. The van der Waals surface area contributed by atoms with Gasteiger partial charge in [0.2, 0.25) is 0 Å². The monoisotopic (exact) mass is 418 g/mol. The number of aromatic nitrogens is 4. The molecule has 3 aromatic heterocycles. The van der Waals surface area contributed by atoms with Crippen LogP contribution in [-0.4, -0.2) is 24.6 Å². The molecule has 0 unspecified atom stereocenters. The van der Waals surface area contributed by atoms with Crippen LogP contribution in [0.3, 0.4) is 0 Å². The van der Waals surface area contributed by atoms with Crippen molar-refractivity contribution < 1.29 is 5.11 Å². The van der Waals surface area contributed by atoms with Crippen LogP contribution in [0, 0.1) is 0 Å². The molecule has 9 heteroatoms. The fourth-order valence-electron chi connectivity index (χ4n) is 3.04. The highest BCUT2D eigenvalue weighted by molar-refractivity contribution is 5.83. The summed E-state index contributed by atoms with van der Waals surface area (Å²) in [5.41, 5.74) is 15.1. The molecule has 1 aromatic carbocycles. The Morgan fingerprint density at radius 3 is 2.45 bits per heavy atom. The van der Waals surface area contributed by atoms with Crippen molar-refractivity contribution >= 4 is 22.8 Å². The molecule has 0 saturated heterocycles. The summed E-state index contributed by atoms with van der Waals surface area (Å²) in [5, 5.41) is 10.7. The number of rotatable bonds is 5. The van der Waals surface area contributed by atoms with Crippen molar-refractivity contribution in [2.24, 2.45) is 11.6 Å². The van der Waals surface area contributed by atoms with Crippen LogP contribution in [0.4, 0.5) is 11.6 Å². The quantitative estimate of drug-likeness (QED) is 0.286. The molecular formula is C22H26N8O. The zero-order valence-electron chi connectivity index (χ0n) is 17.5. The molecule has 4 rings (SSSR count). The maximum atomic E-state index is 9.36. The number of benzene rings is 1. The smallest absolute Gasteiger partial charge is 0.167 e. The number of hydrogen-bond acceptors (Lipinski definition) is 8. The third-order valence-electron chi connectivity index (χ3n) is 4.46. The third-order valence-corrected chi connectivity index (χ3v) is 4.46. The van der Waals surface area contributed by atoms with Crippen molar-refractivity contribution in [2.75, 3.05) is 10.7 Å². The van der Waals surface area contributed by atoms with E-state index in [0.29, 0.717) is 34.2 Å². The lowest BCUT2D eigenvalue weighted by Crippen LogP contribution is -2.25. The van der Waals surface area contributed by atoms with E-state index < -0.39 is 0 Å². The van der Waals surface area contributed by atoms with E-state index in [1.807, 2.05) is 54.8 Å². The fourth-order valence-corrected chi connectivity index (χ4v) is 3.04. The minimum Gasteiger partial charge on any atom is -0.403 e. The predicted molar refractivity (Wildman–Crippen MR) is 124 cm³/mol. The van der Waals surface area contributed by atoms with E-state index in [9.17, 15) is 5.11 Å². The molecular weight excluding hydrogens is 392 g/mol. The Balaban J connectivity index is 0.00000132. The SMILES string of the molecule is CC.N/C=C\N(N)c1ccc2nc(-c3cccnc3N)n(-c3ccc(CO)cc3)c2n1. The van der Waals surface area contributed by atoms with E-state index in [-0.39, 0.29) is 6.61 Å². The molecule has 31 heavy (non-hydrogen) atoms. The van der Waals surface area contributed by atoms with Gasteiger partial charge in [-0.15, -0.1) is 0 Å². The number of aliphatic hydroxyl groups excluding tert-OH is 1. The first-order chi connectivity index (χ1) is 15.1. The van der Waals surface area contributed by atoms with E-state index in [1.54, 1.807) is 18.3 Å². The summed E-state index contributed by atoms with van der Waals surface area (Å²) in [4.78, 5) is 13.6. The number of hydrazine groups is 1. The Hall–Kier alpha value is -3.95. The van der Waals surface area contributed by atoms with Crippen LogP contribution in [0.25, 0.3) is 28.2 Å². The Bertz CT molecular complexity index is 1180. The first-order valence-corrected chi connectivity index (χ1v) is 9.85. The lowest BCUT2D eigenvalue weighted by atomic mass is 10.2. The molecule has 4 aromatic rings. The van der Waals surface area contributed by atoms with Gasteiger partial charge in [-0.3, -0.25) is 9.58 Å². The van der Waals surface area contributed by atoms with Gasteiger partial charge < -0.3 is 16.6 Å². The Kier molecular flexibility index (Phi) is 6.81. The van der Waals surface area contributed by atoms with E-state index in [2.05, 4.69) is 9.97 Å². The molecule has 0 radical (unpaired) electrons. The van der Waals surface area contributed by atoms with Crippen LogP contribution in [0.1, 0.15) is 19.4 Å². The molecule has 0 spiro atoms. The molecule has 0 atom stereocenters. The Morgan fingerprint density at radius 1 is 1.06 bits per heavy atom. The van der Waals surface area contributed by atoms with Gasteiger partial charge in [-0.1, -0.05) is 26.0 Å². The number of nitrogen functional groups attached to an aromatic ring is 1. The first kappa shape index (κ1) is 21.8. The maximum absolute atomic E-state index is 9.36. The number of imidazole rings is 1. The number of nitrogens with zero attached hydrogens (tertiary/aromatic N) is 5. The van der Waals surface area contributed by atoms with Gasteiger partial charge in [0, 0.05) is 24.3 Å². The topological polar surface area (TPSA) is 145 Å². The van der Waals surface area contributed by atoms with Crippen LogP contribution in [-0.2, 0) is 6.61 Å². The van der Waals surface area contributed by atoms with Crippen molar-refractivity contribution in [3.05, 3.63) is 72.7 Å². The van der Waals surface area contributed by atoms with Crippen LogP contribution in [0.2, 0.25) is 0 Å². The maximum Gasteiger partial charge on any atom is 0.167 e. The summed E-state index contributed by atoms with van der Waals surface area (Å²) >= 11 is 0. The highest BCUT2D eigenvalue weighted by Gasteiger charge is 2.18. The molecule has 3 heterocycles. The van der Waals surface area contributed by atoms with Gasteiger partial charge in [-0.2, -0.15) is 0 Å². The van der Waals surface area contributed by atoms with E-state index in [4.69, 9.17) is 22.3 Å². The molecule has 160 valence electrons. The number of nitrogens with two attached hydrogens (primary N) is 3. The van der Waals surface area contributed by atoms with Crippen molar-refractivity contribution in [2.45, 2.75) is 20.5 Å². The first-order valence-electron chi connectivity index (χ1n) is 9.85. The zero-order chi connectivity index (χ0) is 22.4. The van der Waals surface area contributed by atoms with Crippen molar-refractivity contribution in [1.29, 1.82) is 0 Å². The second-order valence-corrected chi connectivity index (χ2v) is 6.29. The number of hydrogen-bond donors (Lipinski definition) is 4. The third kappa shape index (κ3) is 4.32. The van der Waals surface area contributed by atoms with E-state index in [0.717, 1.165) is 11.3 Å². The highest BCUT2D eigenvalue weighted by Crippen LogP contribution is 2.31. The van der Waals surface area contributed by atoms with Crippen LogP contribution in [0.15, 0.2) is 67.1 Å². The van der Waals surface area contributed by atoms with Gasteiger partial charge in [-0.25, -0.2) is 20.8 Å². The molecule has 9 nitrogen and oxygen atoms in total. The van der Waals surface area contributed by atoms with Gasteiger partial charge in [0.05, 0.1) is 12.2 Å². The number of fused-ring (bicyclic) bond motifs is 1. The minimum atomic E-state index is -0.0384. The molecule has 0 saturated carbocycles. The molecule has 0 aliphatic heterocycles. The number of aliphatic hydroxyl groups is 1. The summed E-state index contributed by atoms with van der Waals surface area (Å²) in [6, 6.07) is 14.7. The summed E-state index contributed by atoms with van der Waals surface area (Å²) in [7, 11) is 0. The zero-order valence-corrected chi connectivity index (χ0v) is 17.5. The number of anilines is 2. The second kappa shape index (κ2) is 9.70. The second-order valence-electron chi connectivity index (χ2n) is 6.29. The fraction of sp³-hybridized carbons (Fsp3) is 0.136. The minimum absolute atomic E-state index is 0.0384. The molecule has 0 aliphatic carbocycles. The van der Waals surface area contributed by atoms with Gasteiger partial charge >= 0.3 is 0 Å². The Morgan fingerprint density at radius 2 is 1.81 bits per heavy atom. The van der Waals surface area contributed by atoms with Crippen molar-refractivity contribution in [3.63, 3.8) is 0 Å². The lowest BCUT2D eigenvalue weighted by Gasteiger charge is -2.13. The van der Waals surface area contributed by atoms with E-state index in [1.165, 1.54) is 17.4 Å². The molecule has 7 N–H and O–H groups in total. The summed E-state index contributed by atoms with van der Waals surface area (Å²) in [5.74, 6) is 7.45. The summed E-state index contributed by atoms with van der Waals surface area (Å²) in [6.45, 7) is 3.96. The lowest BCUT2D eigenvalue weighted by molar-refractivity contribution is 0.282. The van der Waals surface area contributed by atoms with Crippen LogP contribution in [0.5, 0.6) is 0 Å². The van der Waals surface area contributed by atoms with E-state index >= 15 is 0 Å². The normalized spacial score (nSPS) is 10.8. The standard InChI is InChI=1S/C20H20N8O.C2H6/c21-9-11-27(23)17-8-7-16-20(26-17)28(14-5-3-13(12-29)4-6-14)19(25-16)15-2-1-10-24-18(15)22;1-2/h1-11,29H,12,21,23H2,(H2,22,24);1-2H3/b11-9-;. The van der Waals surface area contributed by atoms with Gasteiger partial charge in [0.25, 0.3) is 0 Å². The highest BCUT2D eigenvalue weighted by atomic mass is 16.3. The number of pyridine rings is 2. The predicted octanol–water partition coefficient (Wildman–Crippen LogP) is 2.69. The van der Waals surface area contributed by atoms with Gasteiger partial charge in [-0.05, 0) is 42.0 Å². The average Bonchev–Trinajstić information content (AvgIpc) is 3.19. The largest absolute Gasteiger partial charge is 0.403 e. The molecule has 0 fully saturated rings. The van der Waals surface area contributed by atoms with Gasteiger partial charge in [0.1, 0.15) is 17.2 Å². The summed E-state index contributed by atoms with van der Waals surface area (Å²) in [6.07, 6.45) is 4.47. The molecule has 0 amide bonds. The van der Waals surface area contributed by atoms with Crippen LogP contribution >= 0.6 is 0 Å². The van der Waals surface area contributed by atoms with Crippen LogP contribution < -0.4 is 22.3 Å². The van der Waals surface area contributed by atoms with Crippen molar-refractivity contribution in [3.8, 4) is 17.1 Å².